The van der Waals surface area contributed by atoms with Crippen LogP contribution in [0.5, 0.6) is 0 Å². The van der Waals surface area contributed by atoms with Gasteiger partial charge >= 0.3 is 0 Å². The number of carbonyl (C=O) groups excluding carboxylic acids is 1. The molecule has 0 bridgehead atoms. The van der Waals surface area contributed by atoms with E-state index in [-0.39, 0.29) is 11.9 Å². The number of aryl methyl sites for hydroxylation is 2. The fourth-order valence-corrected chi connectivity index (χ4v) is 3.25. The number of amides is 1. The Hall–Kier alpha value is -1.74. The monoisotopic (exact) mass is 313 g/mol. The number of rotatable bonds is 6. The van der Waals surface area contributed by atoms with E-state index in [0.717, 1.165) is 11.3 Å². The van der Waals surface area contributed by atoms with Gasteiger partial charge in [0.1, 0.15) is 0 Å². The van der Waals surface area contributed by atoms with E-state index in [1.807, 2.05) is 30.3 Å². The lowest BCUT2D eigenvalue weighted by Crippen LogP contribution is -2.30. The summed E-state index contributed by atoms with van der Waals surface area (Å²) in [6.45, 7) is 6.30. The Labute approximate surface area is 137 Å². The van der Waals surface area contributed by atoms with Crippen molar-refractivity contribution in [3.63, 3.8) is 0 Å². The molecular formula is C19H23NOS. The minimum absolute atomic E-state index is 0.0840. The summed E-state index contributed by atoms with van der Waals surface area (Å²) in [5.41, 5.74) is 3.70. The van der Waals surface area contributed by atoms with Gasteiger partial charge in [-0.1, -0.05) is 48.9 Å². The maximum absolute atomic E-state index is 12.2. The van der Waals surface area contributed by atoms with Crippen molar-refractivity contribution in [2.75, 3.05) is 5.75 Å². The Kier molecular flexibility index (Phi) is 6.08. The molecule has 0 spiro atoms. The van der Waals surface area contributed by atoms with Gasteiger partial charge in [0.2, 0.25) is 5.91 Å². The maximum atomic E-state index is 12.2. The van der Waals surface area contributed by atoms with Gasteiger partial charge in [-0.05, 0) is 43.5 Å². The van der Waals surface area contributed by atoms with Crippen LogP contribution in [0.25, 0.3) is 0 Å². The van der Waals surface area contributed by atoms with Crippen LogP contribution in [0.3, 0.4) is 0 Å². The van der Waals surface area contributed by atoms with E-state index < -0.39 is 0 Å². The van der Waals surface area contributed by atoms with E-state index in [9.17, 15) is 4.79 Å². The average molecular weight is 313 g/mol. The molecule has 0 saturated carbocycles. The zero-order chi connectivity index (χ0) is 15.9. The van der Waals surface area contributed by atoms with Gasteiger partial charge in [-0.3, -0.25) is 4.79 Å². The molecule has 0 aromatic heterocycles. The first-order chi connectivity index (χ1) is 10.6. The third-order valence-electron chi connectivity index (χ3n) is 3.66. The summed E-state index contributed by atoms with van der Waals surface area (Å²) in [6, 6.07) is 16.5. The van der Waals surface area contributed by atoms with E-state index in [2.05, 4.69) is 44.3 Å². The van der Waals surface area contributed by atoms with E-state index >= 15 is 0 Å². The first kappa shape index (κ1) is 16.6. The smallest absolute Gasteiger partial charge is 0.230 e. The maximum Gasteiger partial charge on any atom is 0.230 e. The highest BCUT2D eigenvalue weighted by molar-refractivity contribution is 8.00. The molecule has 2 aromatic rings. The summed E-state index contributed by atoms with van der Waals surface area (Å²) < 4.78 is 0. The normalized spacial score (nSPS) is 12.0. The molecule has 116 valence electrons. The molecule has 1 N–H and O–H groups in total. The second kappa shape index (κ2) is 8.04. The number of thioether (sulfide) groups is 1. The fraction of sp³-hybridized carbons (Fsp3) is 0.316. The van der Waals surface area contributed by atoms with Crippen LogP contribution < -0.4 is 5.32 Å². The van der Waals surface area contributed by atoms with Crippen LogP contribution in [0.2, 0.25) is 0 Å². The number of hydrogen-bond donors (Lipinski definition) is 1. The highest BCUT2D eigenvalue weighted by Gasteiger charge is 2.14. The molecular weight excluding hydrogens is 290 g/mol. The number of carbonyl (C=O) groups is 1. The molecule has 1 atom stereocenters. The molecule has 2 rings (SSSR count). The zero-order valence-electron chi connectivity index (χ0n) is 13.4. The predicted octanol–water partition coefficient (Wildman–Crippen LogP) is 4.66. The molecule has 0 radical (unpaired) electrons. The third-order valence-corrected chi connectivity index (χ3v) is 4.67. The van der Waals surface area contributed by atoms with Gasteiger partial charge in [0.05, 0.1) is 11.8 Å². The highest BCUT2D eigenvalue weighted by Crippen LogP contribution is 2.22. The fourth-order valence-electron chi connectivity index (χ4n) is 2.52. The van der Waals surface area contributed by atoms with Gasteiger partial charge in [-0.25, -0.2) is 0 Å². The summed E-state index contributed by atoms with van der Waals surface area (Å²) in [5.74, 6) is 0.534. The molecule has 0 saturated heterocycles. The number of hydrogen-bond acceptors (Lipinski definition) is 2. The van der Waals surface area contributed by atoms with Crippen LogP contribution in [0.1, 0.15) is 36.1 Å². The van der Waals surface area contributed by atoms with Gasteiger partial charge in [-0.15, -0.1) is 11.8 Å². The van der Waals surface area contributed by atoms with Crippen molar-refractivity contribution in [2.45, 2.75) is 38.1 Å². The molecule has 2 aromatic carbocycles. The predicted molar refractivity (Wildman–Crippen MR) is 94.3 cm³/mol. The molecule has 22 heavy (non-hydrogen) atoms. The molecule has 2 nitrogen and oxygen atoms in total. The summed E-state index contributed by atoms with van der Waals surface area (Å²) in [4.78, 5) is 13.3. The molecule has 0 unspecified atom stereocenters. The largest absolute Gasteiger partial charge is 0.349 e. The van der Waals surface area contributed by atoms with Crippen molar-refractivity contribution in [1.29, 1.82) is 0 Å². The molecule has 0 aliphatic heterocycles. The van der Waals surface area contributed by atoms with Crippen LogP contribution in [0, 0.1) is 13.8 Å². The first-order valence-corrected chi connectivity index (χ1v) is 8.63. The number of nitrogens with one attached hydrogen (secondary N) is 1. The lowest BCUT2D eigenvalue weighted by atomic mass is 9.97. The van der Waals surface area contributed by atoms with E-state index in [0.29, 0.717) is 5.75 Å². The van der Waals surface area contributed by atoms with Gasteiger partial charge in [-0.2, -0.15) is 0 Å². The second-order valence-electron chi connectivity index (χ2n) is 5.49. The molecule has 0 aliphatic rings. The lowest BCUT2D eigenvalue weighted by molar-refractivity contribution is -0.119. The van der Waals surface area contributed by atoms with Crippen LogP contribution in [-0.4, -0.2) is 11.7 Å². The van der Waals surface area contributed by atoms with E-state index in [1.165, 1.54) is 16.7 Å². The Balaban J connectivity index is 1.96. The Morgan fingerprint density at radius 1 is 1.14 bits per heavy atom. The van der Waals surface area contributed by atoms with Crippen LogP contribution in [0.15, 0.2) is 53.4 Å². The first-order valence-electron chi connectivity index (χ1n) is 7.64. The highest BCUT2D eigenvalue weighted by atomic mass is 32.2. The summed E-state index contributed by atoms with van der Waals surface area (Å²) >= 11 is 1.57. The van der Waals surface area contributed by atoms with Crippen molar-refractivity contribution >= 4 is 17.7 Å². The summed E-state index contributed by atoms with van der Waals surface area (Å²) in [6.07, 6.45) is 0.894. The van der Waals surface area contributed by atoms with Gasteiger partial charge in [0, 0.05) is 4.90 Å². The van der Waals surface area contributed by atoms with Gasteiger partial charge in [0.25, 0.3) is 0 Å². The summed E-state index contributed by atoms with van der Waals surface area (Å²) in [7, 11) is 0. The quantitative estimate of drug-likeness (QED) is 0.786. The van der Waals surface area contributed by atoms with Crippen molar-refractivity contribution in [2.24, 2.45) is 0 Å². The van der Waals surface area contributed by atoms with Crippen LogP contribution >= 0.6 is 11.8 Å². The van der Waals surface area contributed by atoms with Crippen LogP contribution in [-0.2, 0) is 4.79 Å². The lowest BCUT2D eigenvalue weighted by Gasteiger charge is -2.20. The van der Waals surface area contributed by atoms with Crippen molar-refractivity contribution < 1.29 is 4.79 Å². The molecule has 1 amide bonds. The SMILES string of the molecule is CC[C@@H](NC(=O)CSc1ccccc1)c1ccc(C)cc1C. The van der Waals surface area contributed by atoms with Crippen LogP contribution in [0.4, 0.5) is 0 Å². The van der Waals surface area contributed by atoms with Gasteiger partial charge < -0.3 is 5.32 Å². The molecule has 0 fully saturated rings. The average Bonchev–Trinajstić information content (AvgIpc) is 2.52. The Bertz CT molecular complexity index is 625. The summed E-state index contributed by atoms with van der Waals surface area (Å²) in [5, 5.41) is 3.15. The van der Waals surface area contributed by atoms with Crippen molar-refractivity contribution in [3.8, 4) is 0 Å². The molecule has 3 heteroatoms. The van der Waals surface area contributed by atoms with E-state index in [4.69, 9.17) is 0 Å². The minimum atomic E-state index is 0.0840. The minimum Gasteiger partial charge on any atom is -0.349 e. The standard InChI is InChI=1S/C19H23NOS/c1-4-18(17-11-10-14(2)12-15(17)3)20-19(21)13-22-16-8-6-5-7-9-16/h5-12,18H,4,13H2,1-3H3,(H,20,21)/t18-/m1/s1. The second-order valence-corrected chi connectivity index (χ2v) is 6.54. The Morgan fingerprint density at radius 3 is 2.50 bits per heavy atom. The number of benzene rings is 2. The zero-order valence-corrected chi connectivity index (χ0v) is 14.2. The topological polar surface area (TPSA) is 29.1 Å². The van der Waals surface area contributed by atoms with Crippen molar-refractivity contribution in [1.82, 2.24) is 5.32 Å². The molecule has 0 aliphatic carbocycles. The van der Waals surface area contributed by atoms with E-state index in [1.54, 1.807) is 11.8 Å². The van der Waals surface area contributed by atoms with Crippen molar-refractivity contribution in [3.05, 3.63) is 65.2 Å². The molecule has 0 heterocycles. The van der Waals surface area contributed by atoms with Gasteiger partial charge in [0.15, 0.2) is 0 Å². The Morgan fingerprint density at radius 2 is 1.86 bits per heavy atom. The third kappa shape index (κ3) is 4.63.